The monoisotopic (exact) mass is 327 g/mol. The van der Waals surface area contributed by atoms with Crippen LogP contribution in [0.5, 0.6) is 0 Å². The second-order valence-electron chi connectivity index (χ2n) is 5.04. The number of aryl methyl sites for hydroxylation is 1. The van der Waals surface area contributed by atoms with Gasteiger partial charge in [-0.25, -0.2) is 4.98 Å². The Kier molecular flexibility index (Phi) is 5.38. The van der Waals surface area contributed by atoms with Gasteiger partial charge >= 0.3 is 6.18 Å². The minimum Gasteiger partial charge on any atom is -0.394 e. The molecule has 1 atom stereocenters. The molecule has 0 aliphatic heterocycles. The molecule has 1 unspecified atom stereocenters. The van der Waals surface area contributed by atoms with Gasteiger partial charge in [0.2, 0.25) is 0 Å². The van der Waals surface area contributed by atoms with Crippen molar-refractivity contribution in [3.8, 4) is 0 Å². The predicted octanol–water partition coefficient (Wildman–Crippen LogP) is 2.15. The molecule has 3 N–H and O–H groups in total. The third kappa shape index (κ3) is 4.82. The topological polar surface area (TPSA) is 78.0 Å². The van der Waals surface area contributed by atoms with Crippen LogP contribution in [-0.4, -0.2) is 33.6 Å². The number of benzene rings is 1. The Morgan fingerprint density at radius 2 is 2.17 bits per heavy atom. The molecule has 2 aromatic rings. The normalized spacial score (nSPS) is 12.9. The summed E-state index contributed by atoms with van der Waals surface area (Å²) in [7, 11) is 0. The SMILES string of the molecule is O=C(NC(CO)CCc1cccc(C(F)(F)F)c1)c1c[nH]cn1. The van der Waals surface area contributed by atoms with Gasteiger partial charge in [-0.3, -0.25) is 4.79 Å². The highest BCUT2D eigenvalue weighted by molar-refractivity contribution is 5.92. The minimum absolute atomic E-state index is 0.183. The zero-order valence-corrected chi connectivity index (χ0v) is 12.1. The molecule has 5 nitrogen and oxygen atoms in total. The molecule has 0 aliphatic rings. The van der Waals surface area contributed by atoms with E-state index in [4.69, 9.17) is 0 Å². The summed E-state index contributed by atoms with van der Waals surface area (Å²) < 4.78 is 38.0. The lowest BCUT2D eigenvalue weighted by Gasteiger charge is -2.16. The molecular formula is C15H16F3N3O2. The largest absolute Gasteiger partial charge is 0.416 e. The number of alkyl halides is 3. The van der Waals surface area contributed by atoms with Crippen molar-refractivity contribution in [3.05, 3.63) is 53.6 Å². The first-order chi connectivity index (χ1) is 10.9. The molecule has 0 saturated carbocycles. The number of hydrogen-bond acceptors (Lipinski definition) is 3. The lowest BCUT2D eigenvalue weighted by atomic mass is 10.0. The summed E-state index contributed by atoms with van der Waals surface area (Å²) in [5, 5.41) is 11.9. The molecule has 23 heavy (non-hydrogen) atoms. The van der Waals surface area contributed by atoms with Crippen molar-refractivity contribution in [2.75, 3.05) is 6.61 Å². The van der Waals surface area contributed by atoms with Gasteiger partial charge in [0.15, 0.2) is 0 Å². The third-order valence-electron chi connectivity index (χ3n) is 3.32. The number of aromatic amines is 1. The quantitative estimate of drug-likeness (QED) is 0.761. The highest BCUT2D eigenvalue weighted by Gasteiger charge is 2.30. The van der Waals surface area contributed by atoms with Gasteiger partial charge in [0.05, 0.1) is 24.5 Å². The molecule has 2 rings (SSSR count). The molecule has 0 saturated heterocycles. The number of carbonyl (C=O) groups is 1. The van der Waals surface area contributed by atoms with Crippen molar-refractivity contribution < 1.29 is 23.1 Å². The zero-order chi connectivity index (χ0) is 16.9. The van der Waals surface area contributed by atoms with Crippen LogP contribution in [0.4, 0.5) is 13.2 Å². The molecule has 1 heterocycles. The summed E-state index contributed by atoms with van der Waals surface area (Å²) >= 11 is 0. The Balaban J connectivity index is 1.94. The molecule has 0 spiro atoms. The second kappa shape index (κ2) is 7.28. The van der Waals surface area contributed by atoms with Crippen molar-refractivity contribution >= 4 is 5.91 Å². The van der Waals surface area contributed by atoms with Crippen molar-refractivity contribution in [1.82, 2.24) is 15.3 Å². The van der Waals surface area contributed by atoms with Crippen molar-refractivity contribution in [2.24, 2.45) is 0 Å². The van der Waals surface area contributed by atoms with Gasteiger partial charge < -0.3 is 15.4 Å². The first-order valence-electron chi connectivity index (χ1n) is 6.97. The molecule has 0 radical (unpaired) electrons. The number of aromatic nitrogens is 2. The number of carbonyl (C=O) groups excluding carboxylic acids is 1. The fourth-order valence-corrected chi connectivity index (χ4v) is 2.10. The predicted molar refractivity (Wildman–Crippen MR) is 76.7 cm³/mol. The average Bonchev–Trinajstić information content (AvgIpc) is 3.05. The Morgan fingerprint density at radius 1 is 1.39 bits per heavy atom. The highest BCUT2D eigenvalue weighted by atomic mass is 19.4. The van der Waals surface area contributed by atoms with E-state index in [9.17, 15) is 23.1 Å². The molecule has 124 valence electrons. The Morgan fingerprint density at radius 3 is 2.78 bits per heavy atom. The number of nitrogens with one attached hydrogen (secondary N) is 2. The maximum absolute atomic E-state index is 12.7. The first-order valence-corrected chi connectivity index (χ1v) is 6.97. The van der Waals surface area contributed by atoms with Crippen LogP contribution < -0.4 is 5.32 Å². The molecule has 0 aliphatic carbocycles. The number of H-pyrrole nitrogens is 1. The lowest BCUT2D eigenvalue weighted by Crippen LogP contribution is -2.38. The van der Waals surface area contributed by atoms with E-state index < -0.39 is 23.7 Å². The van der Waals surface area contributed by atoms with E-state index in [0.717, 1.165) is 12.1 Å². The summed E-state index contributed by atoms with van der Waals surface area (Å²) in [6.07, 6.45) is -1.01. The lowest BCUT2D eigenvalue weighted by molar-refractivity contribution is -0.137. The molecule has 1 amide bonds. The van der Waals surface area contributed by atoms with Crippen LogP contribution in [0.3, 0.4) is 0 Å². The van der Waals surface area contributed by atoms with Gasteiger partial charge in [-0.2, -0.15) is 13.2 Å². The van der Waals surface area contributed by atoms with E-state index in [-0.39, 0.29) is 12.3 Å². The van der Waals surface area contributed by atoms with E-state index >= 15 is 0 Å². The number of halogens is 3. The number of rotatable bonds is 6. The van der Waals surface area contributed by atoms with Gasteiger partial charge in [0, 0.05) is 6.20 Å². The minimum atomic E-state index is -4.39. The summed E-state index contributed by atoms with van der Waals surface area (Å²) in [6, 6.07) is 4.44. The van der Waals surface area contributed by atoms with E-state index in [1.165, 1.54) is 18.6 Å². The zero-order valence-electron chi connectivity index (χ0n) is 12.1. The number of hydrogen-bond donors (Lipinski definition) is 3. The van der Waals surface area contributed by atoms with E-state index in [1.54, 1.807) is 6.07 Å². The molecule has 1 aromatic heterocycles. The maximum atomic E-state index is 12.7. The number of aliphatic hydroxyl groups is 1. The van der Waals surface area contributed by atoms with Crippen LogP contribution in [-0.2, 0) is 12.6 Å². The molecule has 0 bridgehead atoms. The maximum Gasteiger partial charge on any atom is 0.416 e. The molecule has 8 heteroatoms. The summed E-state index contributed by atoms with van der Waals surface area (Å²) in [5.74, 6) is -0.450. The van der Waals surface area contributed by atoms with Gasteiger partial charge in [-0.15, -0.1) is 0 Å². The standard InChI is InChI=1S/C15H16F3N3O2/c16-15(17,18)11-3-1-2-10(6-11)4-5-12(8-22)21-14(23)13-7-19-9-20-13/h1-3,6-7,9,12,22H,4-5,8H2,(H,19,20)(H,21,23). The van der Waals surface area contributed by atoms with Gasteiger partial charge in [-0.05, 0) is 24.5 Å². The van der Waals surface area contributed by atoms with Crippen LogP contribution in [0.25, 0.3) is 0 Å². The van der Waals surface area contributed by atoms with Gasteiger partial charge in [0.25, 0.3) is 5.91 Å². The number of nitrogens with zero attached hydrogens (tertiary/aromatic N) is 1. The average molecular weight is 327 g/mol. The van der Waals surface area contributed by atoms with Crippen LogP contribution in [0.2, 0.25) is 0 Å². The summed E-state index contributed by atoms with van der Waals surface area (Å²) in [5.41, 5.74) is -0.0362. The Labute approximate surface area is 130 Å². The summed E-state index contributed by atoms with van der Waals surface area (Å²) in [6.45, 7) is -0.310. The van der Waals surface area contributed by atoms with Crippen molar-refractivity contribution in [3.63, 3.8) is 0 Å². The molecule has 0 fully saturated rings. The first kappa shape index (κ1) is 17.0. The van der Waals surface area contributed by atoms with E-state index in [2.05, 4.69) is 15.3 Å². The number of aliphatic hydroxyl groups excluding tert-OH is 1. The van der Waals surface area contributed by atoms with Crippen LogP contribution >= 0.6 is 0 Å². The fourth-order valence-electron chi connectivity index (χ4n) is 2.10. The van der Waals surface area contributed by atoms with E-state index in [1.807, 2.05) is 0 Å². The molecule has 1 aromatic carbocycles. The second-order valence-corrected chi connectivity index (χ2v) is 5.04. The highest BCUT2D eigenvalue weighted by Crippen LogP contribution is 2.29. The van der Waals surface area contributed by atoms with Crippen LogP contribution in [0.15, 0.2) is 36.8 Å². The van der Waals surface area contributed by atoms with Crippen LogP contribution in [0.1, 0.15) is 28.0 Å². The van der Waals surface area contributed by atoms with E-state index in [0.29, 0.717) is 18.4 Å². The Hall–Kier alpha value is -2.35. The number of imidazole rings is 1. The number of amides is 1. The van der Waals surface area contributed by atoms with Gasteiger partial charge in [0.1, 0.15) is 5.69 Å². The smallest absolute Gasteiger partial charge is 0.394 e. The van der Waals surface area contributed by atoms with Crippen molar-refractivity contribution in [1.29, 1.82) is 0 Å². The Bertz CT molecular complexity index is 642. The molecular weight excluding hydrogens is 311 g/mol. The van der Waals surface area contributed by atoms with Crippen molar-refractivity contribution in [2.45, 2.75) is 25.1 Å². The van der Waals surface area contributed by atoms with Gasteiger partial charge in [-0.1, -0.05) is 18.2 Å². The third-order valence-corrected chi connectivity index (χ3v) is 3.32. The van der Waals surface area contributed by atoms with Crippen LogP contribution in [0, 0.1) is 0 Å². The summed E-state index contributed by atoms with van der Waals surface area (Å²) in [4.78, 5) is 18.2. The fraction of sp³-hybridized carbons (Fsp3) is 0.333.